The molecule has 1 N–H and O–H groups in total. The van der Waals surface area contributed by atoms with Crippen LogP contribution in [0.15, 0.2) is 69.2 Å². The molecule has 0 aliphatic heterocycles. The van der Waals surface area contributed by atoms with Crippen LogP contribution in [0.3, 0.4) is 0 Å². The summed E-state index contributed by atoms with van der Waals surface area (Å²) >= 11 is 10.4. The number of halogens is 3. The molecule has 0 spiro atoms. The van der Waals surface area contributed by atoms with Crippen molar-refractivity contribution >= 4 is 61.9 Å². The lowest BCUT2D eigenvalue weighted by Gasteiger charge is -2.08. The van der Waals surface area contributed by atoms with Gasteiger partial charge in [-0.1, -0.05) is 45.4 Å². The fraction of sp³-hybridized carbons (Fsp3) is 0.0952. The van der Waals surface area contributed by atoms with Crippen molar-refractivity contribution in [1.29, 1.82) is 0 Å². The molecule has 0 atom stereocenters. The van der Waals surface area contributed by atoms with Crippen molar-refractivity contribution in [2.24, 2.45) is 0 Å². The highest BCUT2D eigenvalue weighted by Crippen LogP contribution is 2.31. The summed E-state index contributed by atoms with van der Waals surface area (Å²) in [6.45, 7) is 4.20. The second-order valence-electron chi connectivity index (χ2n) is 6.46. The van der Waals surface area contributed by atoms with E-state index in [2.05, 4.69) is 38.0 Å². The molecule has 2 aromatic carbocycles. The summed E-state index contributed by atoms with van der Waals surface area (Å²) in [5.41, 5.74) is 0.792. The number of nitrogens with zero attached hydrogens (tertiary/aromatic N) is 3. The summed E-state index contributed by atoms with van der Waals surface area (Å²) in [5.74, 6) is 0.184. The molecule has 2 aromatic heterocycles. The van der Waals surface area contributed by atoms with Gasteiger partial charge in [0.1, 0.15) is 11.4 Å². The van der Waals surface area contributed by atoms with Crippen LogP contribution in [0.5, 0.6) is 0 Å². The molecule has 4 aromatic rings. The molecule has 0 aliphatic rings. The number of amides is 1. The third-order valence-electron chi connectivity index (χ3n) is 4.26. The van der Waals surface area contributed by atoms with Gasteiger partial charge < -0.3 is 9.73 Å². The smallest absolute Gasteiger partial charge is 0.234 e. The van der Waals surface area contributed by atoms with Crippen LogP contribution in [-0.4, -0.2) is 26.4 Å². The Hall–Kier alpha value is -2.62. The predicted octanol–water partition coefficient (Wildman–Crippen LogP) is 6.16. The minimum atomic E-state index is -0.519. The molecule has 10 heteroatoms. The minimum absolute atomic E-state index is 0.0283. The van der Waals surface area contributed by atoms with Gasteiger partial charge in [0.2, 0.25) is 11.7 Å². The van der Waals surface area contributed by atoms with Gasteiger partial charge in [-0.15, -0.1) is 16.8 Å². The molecule has 4 rings (SSSR count). The number of fused-ring (bicyclic) bond motifs is 1. The number of thioether (sulfide) groups is 1. The number of nitrogens with one attached hydrogen (secondary N) is 1. The SMILES string of the molecule is C=CCn1c(SCC(=O)Nc2ccc(Br)cc2F)nnc1-c1cc2cc(Cl)ccc2o1. The third-order valence-corrected chi connectivity index (χ3v) is 5.96. The average Bonchev–Trinajstić information content (AvgIpc) is 3.32. The van der Waals surface area contributed by atoms with E-state index >= 15 is 0 Å². The zero-order chi connectivity index (χ0) is 22.0. The highest BCUT2D eigenvalue weighted by atomic mass is 79.9. The first-order valence-electron chi connectivity index (χ1n) is 9.06. The number of anilines is 1. The quantitative estimate of drug-likeness (QED) is 0.233. The van der Waals surface area contributed by atoms with Gasteiger partial charge in [0.05, 0.1) is 11.4 Å². The lowest BCUT2D eigenvalue weighted by Crippen LogP contribution is -2.15. The Balaban J connectivity index is 1.52. The Labute approximate surface area is 194 Å². The monoisotopic (exact) mass is 520 g/mol. The van der Waals surface area contributed by atoms with Crippen molar-refractivity contribution in [3.05, 3.63) is 70.4 Å². The summed E-state index contributed by atoms with van der Waals surface area (Å²) in [4.78, 5) is 12.3. The van der Waals surface area contributed by atoms with Crippen LogP contribution in [0, 0.1) is 5.82 Å². The van der Waals surface area contributed by atoms with E-state index in [0.29, 0.717) is 38.4 Å². The van der Waals surface area contributed by atoms with Crippen LogP contribution in [0.2, 0.25) is 5.02 Å². The molecule has 158 valence electrons. The van der Waals surface area contributed by atoms with Crippen molar-refractivity contribution in [2.45, 2.75) is 11.7 Å². The molecule has 31 heavy (non-hydrogen) atoms. The van der Waals surface area contributed by atoms with Crippen LogP contribution in [0.4, 0.5) is 10.1 Å². The average molecular weight is 522 g/mol. The molecule has 0 aliphatic carbocycles. The zero-order valence-corrected chi connectivity index (χ0v) is 19.1. The standard InChI is InChI=1S/C21H15BrClFN4O2S/c1-2-7-28-20(18-9-12-8-14(23)4-6-17(12)30-18)26-27-21(28)31-11-19(29)25-16-5-3-13(22)10-15(16)24/h2-6,8-10H,1,7,11H2,(H,25,29). The predicted molar refractivity (Wildman–Crippen MR) is 124 cm³/mol. The topological polar surface area (TPSA) is 73.0 Å². The molecule has 1 amide bonds. The van der Waals surface area contributed by atoms with E-state index in [1.54, 1.807) is 34.9 Å². The Morgan fingerprint density at radius 1 is 1.29 bits per heavy atom. The molecule has 0 fully saturated rings. The van der Waals surface area contributed by atoms with Gasteiger partial charge in [-0.05, 0) is 42.5 Å². The van der Waals surface area contributed by atoms with Gasteiger partial charge in [0.15, 0.2) is 10.9 Å². The number of allylic oxidation sites excluding steroid dienone is 1. The third kappa shape index (κ3) is 4.84. The van der Waals surface area contributed by atoms with Gasteiger partial charge >= 0.3 is 0 Å². The number of hydrogen-bond acceptors (Lipinski definition) is 5. The van der Waals surface area contributed by atoms with E-state index in [4.69, 9.17) is 16.0 Å². The molecule has 0 saturated carbocycles. The van der Waals surface area contributed by atoms with Gasteiger partial charge in [0, 0.05) is 21.4 Å². The second kappa shape index (κ2) is 9.25. The number of benzene rings is 2. The van der Waals surface area contributed by atoms with Crippen molar-refractivity contribution in [3.8, 4) is 11.6 Å². The summed E-state index contributed by atoms with van der Waals surface area (Å²) in [6.07, 6.45) is 1.70. The number of furan rings is 1. The Morgan fingerprint density at radius 3 is 2.90 bits per heavy atom. The van der Waals surface area contributed by atoms with Crippen LogP contribution in [-0.2, 0) is 11.3 Å². The maximum Gasteiger partial charge on any atom is 0.234 e. The first kappa shape index (κ1) is 21.6. The number of hydrogen-bond donors (Lipinski definition) is 1. The van der Waals surface area contributed by atoms with Gasteiger partial charge in [-0.3, -0.25) is 9.36 Å². The zero-order valence-electron chi connectivity index (χ0n) is 15.9. The van der Waals surface area contributed by atoms with E-state index in [0.717, 1.165) is 5.39 Å². The number of carbonyl (C=O) groups is 1. The fourth-order valence-corrected chi connectivity index (χ4v) is 4.16. The minimum Gasteiger partial charge on any atom is -0.453 e. The van der Waals surface area contributed by atoms with E-state index in [-0.39, 0.29) is 17.3 Å². The second-order valence-corrected chi connectivity index (χ2v) is 8.75. The van der Waals surface area contributed by atoms with Crippen LogP contribution in [0.25, 0.3) is 22.6 Å². The van der Waals surface area contributed by atoms with E-state index < -0.39 is 5.82 Å². The maximum atomic E-state index is 13.9. The Morgan fingerprint density at radius 2 is 2.13 bits per heavy atom. The van der Waals surface area contributed by atoms with Crippen LogP contribution >= 0.6 is 39.3 Å². The number of aromatic nitrogens is 3. The summed E-state index contributed by atoms with van der Waals surface area (Å²) < 4.78 is 22.2. The van der Waals surface area contributed by atoms with E-state index in [1.807, 2.05) is 6.07 Å². The molecular weight excluding hydrogens is 507 g/mol. The fourth-order valence-electron chi connectivity index (χ4n) is 2.90. The van der Waals surface area contributed by atoms with Crippen LogP contribution in [0.1, 0.15) is 0 Å². The van der Waals surface area contributed by atoms with Crippen molar-refractivity contribution in [2.75, 3.05) is 11.1 Å². The summed E-state index contributed by atoms with van der Waals surface area (Å²) in [6, 6.07) is 11.6. The van der Waals surface area contributed by atoms with Crippen molar-refractivity contribution < 1.29 is 13.6 Å². The van der Waals surface area contributed by atoms with E-state index in [1.165, 1.54) is 23.9 Å². The highest BCUT2D eigenvalue weighted by molar-refractivity contribution is 9.10. The molecule has 0 bridgehead atoms. The van der Waals surface area contributed by atoms with Crippen molar-refractivity contribution in [1.82, 2.24) is 14.8 Å². The molecule has 0 saturated heterocycles. The molecule has 2 heterocycles. The molecule has 0 radical (unpaired) electrons. The summed E-state index contributed by atoms with van der Waals surface area (Å²) in [7, 11) is 0. The van der Waals surface area contributed by atoms with E-state index in [9.17, 15) is 9.18 Å². The number of rotatable bonds is 7. The lowest BCUT2D eigenvalue weighted by atomic mass is 10.2. The number of carbonyl (C=O) groups excluding carboxylic acids is 1. The summed E-state index contributed by atoms with van der Waals surface area (Å²) in [5, 5.41) is 12.9. The molecule has 6 nitrogen and oxygen atoms in total. The van der Waals surface area contributed by atoms with Gasteiger partial charge in [0.25, 0.3) is 0 Å². The maximum absolute atomic E-state index is 13.9. The Kier molecular flexibility index (Phi) is 6.45. The normalized spacial score (nSPS) is 11.1. The largest absolute Gasteiger partial charge is 0.453 e. The first-order chi connectivity index (χ1) is 14.9. The van der Waals surface area contributed by atoms with Crippen LogP contribution < -0.4 is 5.32 Å². The Bertz CT molecular complexity index is 1290. The molecule has 0 unspecified atom stereocenters. The highest BCUT2D eigenvalue weighted by Gasteiger charge is 2.18. The molecular formula is C21H15BrClFN4O2S. The first-order valence-corrected chi connectivity index (χ1v) is 11.2. The van der Waals surface area contributed by atoms with Crippen molar-refractivity contribution in [3.63, 3.8) is 0 Å². The van der Waals surface area contributed by atoms with Gasteiger partial charge in [-0.2, -0.15) is 0 Å². The van der Waals surface area contributed by atoms with Gasteiger partial charge in [-0.25, -0.2) is 4.39 Å². The lowest BCUT2D eigenvalue weighted by molar-refractivity contribution is -0.113.